The quantitative estimate of drug-likeness (QED) is 0.815. The van der Waals surface area contributed by atoms with Crippen LogP contribution in [0.3, 0.4) is 0 Å². The van der Waals surface area contributed by atoms with E-state index in [-0.39, 0.29) is 35.7 Å². The van der Waals surface area contributed by atoms with Crippen molar-refractivity contribution in [2.75, 3.05) is 16.8 Å². The minimum atomic E-state index is -0.791. The number of hydrogen-bond donors (Lipinski definition) is 1. The monoisotopic (exact) mass is 422 g/mol. The highest BCUT2D eigenvalue weighted by Crippen LogP contribution is 2.43. The molecular weight excluding hydrogens is 404 g/mol. The van der Waals surface area contributed by atoms with Crippen LogP contribution in [0, 0.1) is 11.3 Å². The van der Waals surface area contributed by atoms with Crippen LogP contribution in [0.4, 0.5) is 11.4 Å². The fourth-order valence-corrected chi connectivity index (χ4v) is 4.38. The van der Waals surface area contributed by atoms with E-state index in [0.29, 0.717) is 35.3 Å². The summed E-state index contributed by atoms with van der Waals surface area (Å²) in [5.41, 5.74) is 1.10. The minimum absolute atomic E-state index is 0.0286. The van der Waals surface area contributed by atoms with Crippen LogP contribution in [0.1, 0.15) is 42.1 Å². The number of fused-ring (bicyclic) bond motifs is 3. The zero-order chi connectivity index (χ0) is 21.5. The van der Waals surface area contributed by atoms with E-state index >= 15 is 0 Å². The van der Waals surface area contributed by atoms with Gasteiger partial charge in [0.1, 0.15) is 11.7 Å². The van der Waals surface area contributed by atoms with Gasteiger partial charge in [0.25, 0.3) is 5.91 Å². The Hall–Kier alpha value is -3.37. The molecule has 2 aromatic carbocycles. The van der Waals surface area contributed by atoms with E-state index in [1.54, 1.807) is 34.1 Å². The Morgan fingerprint density at radius 3 is 2.77 bits per heavy atom. The second kappa shape index (κ2) is 7.47. The average molecular weight is 423 g/mol. The van der Waals surface area contributed by atoms with Gasteiger partial charge in [-0.25, -0.2) is 0 Å². The number of halogens is 1. The molecule has 7 nitrogen and oxygen atoms in total. The van der Waals surface area contributed by atoms with Crippen LogP contribution in [0.25, 0.3) is 0 Å². The van der Waals surface area contributed by atoms with E-state index in [9.17, 15) is 14.4 Å². The number of rotatable bonds is 4. The van der Waals surface area contributed by atoms with E-state index in [1.807, 2.05) is 19.1 Å². The van der Waals surface area contributed by atoms with E-state index in [2.05, 4.69) is 5.32 Å². The highest BCUT2D eigenvalue weighted by molar-refractivity contribution is 6.32. The molecule has 4 rings (SSSR count). The number of nitrogens with zero attached hydrogens (tertiary/aromatic N) is 3. The Morgan fingerprint density at radius 1 is 1.27 bits per heavy atom. The summed E-state index contributed by atoms with van der Waals surface area (Å²) in [6, 6.07) is 13.7. The standard InChI is InChI=1S/C22H19ClN4O3/c1-22-10-8-20(29)27(22)18-5-3-2-4-16(18)21(30)26(22)11-9-19(28)25-15-7-6-14(13-24)17(23)12-15/h2-7,12H,8-11H2,1H3,(H,25,28). The van der Waals surface area contributed by atoms with Gasteiger partial charge in [-0.3, -0.25) is 19.3 Å². The molecule has 1 N–H and O–H groups in total. The van der Waals surface area contributed by atoms with E-state index in [0.717, 1.165) is 0 Å². The van der Waals surface area contributed by atoms with Crippen LogP contribution in [0.2, 0.25) is 5.02 Å². The molecule has 1 atom stereocenters. The largest absolute Gasteiger partial charge is 0.326 e. The Bertz CT molecular complexity index is 1110. The molecule has 0 aliphatic carbocycles. The maximum atomic E-state index is 13.2. The zero-order valence-electron chi connectivity index (χ0n) is 16.3. The Balaban J connectivity index is 1.52. The van der Waals surface area contributed by atoms with Crippen molar-refractivity contribution < 1.29 is 14.4 Å². The van der Waals surface area contributed by atoms with Gasteiger partial charge in [-0.15, -0.1) is 0 Å². The lowest BCUT2D eigenvalue weighted by Gasteiger charge is -2.48. The van der Waals surface area contributed by atoms with Crippen LogP contribution in [0.5, 0.6) is 0 Å². The van der Waals surface area contributed by atoms with Crippen LogP contribution in [-0.2, 0) is 9.59 Å². The first-order valence-corrected chi connectivity index (χ1v) is 9.96. The molecule has 3 amide bonds. The number of para-hydroxylation sites is 1. The topological polar surface area (TPSA) is 93.5 Å². The molecule has 152 valence electrons. The molecule has 0 saturated carbocycles. The number of carbonyl (C=O) groups is 3. The fraction of sp³-hybridized carbons (Fsp3) is 0.273. The fourth-order valence-electron chi connectivity index (χ4n) is 4.16. The second-order valence-corrected chi connectivity index (χ2v) is 7.93. The van der Waals surface area contributed by atoms with Gasteiger partial charge in [0.15, 0.2) is 0 Å². The zero-order valence-corrected chi connectivity index (χ0v) is 17.1. The molecule has 0 bridgehead atoms. The number of nitrogens with one attached hydrogen (secondary N) is 1. The number of carbonyl (C=O) groups excluding carboxylic acids is 3. The van der Waals surface area contributed by atoms with Gasteiger partial charge in [-0.2, -0.15) is 5.26 Å². The van der Waals surface area contributed by atoms with Crippen LogP contribution in [0.15, 0.2) is 42.5 Å². The van der Waals surface area contributed by atoms with Gasteiger partial charge in [-0.1, -0.05) is 23.7 Å². The third-order valence-corrected chi connectivity index (χ3v) is 5.99. The predicted octanol–water partition coefficient (Wildman–Crippen LogP) is 3.54. The third kappa shape index (κ3) is 3.19. The van der Waals surface area contributed by atoms with Gasteiger partial charge in [0, 0.05) is 25.1 Å². The smallest absolute Gasteiger partial charge is 0.257 e. The Morgan fingerprint density at radius 2 is 2.03 bits per heavy atom. The molecular formula is C22H19ClN4O3. The van der Waals surface area contributed by atoms with Crippen molar-refractivity contribution in [2.45, 2.75) is 31.8 Å². The number of nitriles is 1. The van der Waals surface area contributed by atoms with Crippen molar-refractivity contribution in [3.8, 4) is 6.07 Å². The van der Waals surface area contributed by atoms with Crippen LogP contribution >= 0.6 is 11.6 Å². The summed E-state index contributed by atoms with van der Waals surface area (Å²) in [7, 11) is 0. The Kier molecular flexibility index (Phi) is 4.96. The minimum Gasteiger partial charge on any atom is -0.326 e. The lowest BCUT2D eigenvalue weighted by Crippen LogP contribution is -2.62. The maximum absolute atomic E-state index is 13.2. The first-order valence-electron chi connectivity index (χ1n) is 9.59. The number of amides is 3. The van der Waals surface area contributed by atoms with Crippen LogP contribution < -0.4 is 10.2 Å². The molecule has 2 aromatic rings. The number of hydrogen-bond acceptors (Lipinski definition) is 4. The van der Waals surface area contributed by atoms with Crippen molar-refractivity contribution in [1.29, 1.82) is 5.26 Å². The summed E-state index contributed by atoms with van der Waals surface area (Å²) in [6.45, 7) is 2.04. The van der Waals surface area contributed by atoms with Crippen LogP contribution in [-0.4, -0.2) is 34.8 Å². The summed E-state index contributed by atoms with van der Waals surface area (Å²) >= 11 is 6.01. The van der Waals surface area contributed by atoms with Gasteiger partial charge in [0.2, 0.25) is 11.8 Å². The van der Waals surface area contributed by atoms with Crippen molar-refractivity contribution in [3.63, 3.8) is 0 Å². The van der Waals surface area contributed by atoms with E-state index in [1.165, 1.54) is 12.1 Å². The lowest BCUT2D eigenvalue weighted by atomic mass is 9.98. The van der Waals surface area contributed by atoms with Crippen molar-refractivity contribution in [1.82, 2.24) is 4.90 Å². The average Bonchev–Trinajstić information content (AvgIpc) is 3.03. The highest BCUT2D eigenvalue weighted by Gasteiger charge is 2.52. The predicted molar refractivity (Wildman–Crippen MR) is 112 cm³/mol. The molecule has 2 aliphatic rings. The molecule has 1 unspecified atom stereocenters. The third-order valence-electron chi connectivity index (χ3n) is 5.68. The number of anilines is 2. The van der Waals surface area contributed by atoms with Gasteiger partial charge in [0.05, 0.1) is 21.8 Å². The second-order valence-electron chi connectivity index (χ2n) is 7.52. The molecule has 8 heteroatoms. The molecule has 2 aliphatic heterocycles. The lowest BCUT2D eigenvalue weighted by molar-refractivity contribution is -0.117. The van der Waals surface area contributed by atoms with Crippen molar-refractivity contribution >= 4 is 40.7 Å². The van der Waals surface area contributed by atoms with E-state index < -0.39 is 5.66 Å². The molecule has 0 aromatic heterocycles. The summed E-state index contributed by atoms with van der Waals surface area (Å²) in [5.74, 6) is -0.505. The summed E-state index contributed by atoms with van der Waals surface area (Å²) in [6.07, 6.45) is 0.923. The first kappa shape index (κ1) is 19.9. The maximum Gasteiger partial charge on any atom is 0.257 e. The van der Waals surface area contributed by atoms with Gasteiger partial charge >= 0.3 is 0 Å². The summed E-state index contributed by atoms with van der Waals surface area (Å²) in [4.78, 5) is 41.5. The molecule has 30 heavy (non-hydrogen) atoms. The SMILES string of the molecule is CC12CCC(=O)N1c1ccccc1C(=O)N2CCC(=O)Nc1ccc(C#N)c(Cl)c1. The number of benzene rings is 2. The first-order chi connectivity index (χ1) is 14.3. The molecule has 0 spiro atoms. The molecule has 2 heterocycles. The Labute approximate surface area is 178 Å². The molecule has 1 fully saturated rings. The summed E-state index contributed by atoms with van der Waals surface area (Å²) in [5, 5.41) is 11.9. The summed E-state index contributed by atoms with van der Waals surface area (Å²) < 4.78 is 0. The van der Waals surface area contributed by atoms with Gasteiger partial charge in [-0.05, 0) is 43.7 Å². The van der Waals surface area contributed by atoms with Crippen molar-refractivity contribution in [3.05, 3.63) is 58.6 Å². The normalized spacial score (nSPS) is 19.9. The highest BCUT2D eigenvalue weighted by atomic mass is 35.5. The van der Waals surface area contributed by atoms with Crippen molar-refractivity contribution in [2.24, 2.45) is 0 Å². The molecule has 0 radical (unpaired) electrons. The van der Waals surface area contributed by atoms with Gasteiger partial charge < -0.3 is 10.2 Å². The van der Waals surface area contributed by atoms with E-state index in [4.69, 9.17) is 16.9 Å². The molecule has 1 saturated heterocycles.